The Labute approximate surface area is 107 Å². The van der Waals surface area contributed by atoms with Crippen LogP contribution in [0.4, 0.5) is 0 Å². The first-order chi connectivity index (χ1) is 8.70. The summed E-state index contributed by atoms with van der Waals surface area (Å²) in [5.41, 5.74) is 0. The van der Waals surface area contributed by atoms with Crippen LogP contribution in [-0.2, 0) is 9.59 Å². The summed E-state index contributed by atoms with van der Waals surface area (Å²) >= 11 is 0. The van der Waals surface area contributed by atoms with Crippen LogP contribution in [0.3, 0.4) is 0 Å². The molecule has 0 aromatic rings. The summed E-state index contributed by atoms with van der Waals surface area (Å²) in [6.07, 6.45) is 7.54. The van der Waals surface area contributed by atoms with Crippen molar-refractivity contribution < 1.29 is 9.59 Å². The average molecular weight is 248 g/mol. The first kappa shape index (κ1) is 11.9. The monoisotopic (exact) mass is 248 g/mol. The van der Waals surface area contributed by atoms with Gasteiger partial charge in [0.25, 0.3) is 0 Å². The molecule has 3 aliphatic rings. The van der Waals surface area contributed by atoms with Gasteiger partial charge in [0.15, 0.2) is 0 Å². The zero-order valence-electron chi connectivity index (χ0n) is 10.8. The zero-order chi connectivity index (χ0) is 12.7. The molecule has 1 N–H and O–H groups in total. The largest absolute Gasteiger partial charge is 0.312 e. The van der Waals surface area contributed by atoms with E-state index in [4.69, 9.17) is 0 Å². The van der Waals surface area contributed by atoms with Crippen molar-refractivity contribution in [3.8, 4) is 0 Å². The van der Waals surface area contributed by atoms with Crippen LogP contribution in [0.5, 0.6) is 0 Å². The fraction of sp³-hybridized carbons (Fsp3) is 0.714. The molecule has 2 unspecified atom stereocenters. The second-order valence-corrected chi connectivity index (χ2v) is 5.65. The molecule has 0 bridgehead atoms. The third kappa shape index (κ3) is 1.70. The first-order valence-electron chi connectivity index (χ1n) is 6.95. The molecule has 1 aliphatic carbocycles. The molecule has 4 nitrogen and oxygen atoms in total. The van der Waals surface area contributed by atoms with Gasteiger partial charge in [0.1, 0.15) is 0 Å². The molecule has 3 rings (SSSR count). The predicted molar refractivity (Wildman–Crippen MR) is 67.7 cm³/mol. The number of fused-ring (bicyclic) bond motifs is 1. The number of nitrogens with one attached hydrogen (secondary N) is 1. The molecule has 2 aliphatic heterocycles. The van der Waals surface area contributed by atoms with Gasteiger partial charge in [0, 0.05) is 6.04 Å². The van der Waals surface area contributed by atoms with Gasteiger partial charge < -0.3 is 5.32 Å². The Bertz CT molecular complexity index is 379. The molecule has 2 amide bonds. The molecular formula is C14H20N2O2. The van der Waals surface area contributed by atoms with E-state index >= 15 is 0 Å². The van der Waals surface area contributed by atoms with Crippen molar-refractivity contribution >= 4 is 11.8 Å². The molecule has 0 radical (unpaired) electrons. The molecule has 4 heteroatoms. The van der Waals surface area contributed by atoms with Crippen LogP contribution in [0, 0.1) is 11.8 Å². The van der Waals surface area contributed by atoms with Crippen LogP contribution in [-0.4, -0.2) is 35.3 Å². The SMILES string of the molecule is CC1NCCCC1N1C(=O)[C@H]2CC=CC[C@H]2C1=O. The third-order valence-corrected chi connectivity index (χ3v) is 4.59. The van der Waals surface area contributed by atoms with Gasteiger partial charge in [-0.15, -0.1) is 0 Å². The lowest BCUT2D eigenvalue weighted by molar-refractivity contribution is -0.143. The van der Waals surface area contributed by atoms with Crippen LogP contribution in [0.1, 0.15) is 32.6 Å². The van der Waals surface area contributed by atoms with E-state index in [1.54, 1.807) is 4.90 Å². The van der Waals surface area contributed by atoms with E-state index in [0.29, 0.717) is 0 Å². The number of hydrogen-bond acceptors (Lipinski definition) is 3. The molecule has 2 fully saturated rings. The molecule has 0 saturated carbocycles. The number of nitrogens with zero attached hydrogens (tertiary/aromatic N) is 1. The summed E-state index contributed by atoms with van der Waals surface area (Å²) in [6.45, 7) is 3.06. The average Bonchev–Trinajstić information content (AvgIpc) is 2.64. The third-order valence-electron chi connectivity index (χ3n) is 4.59. The number of rotatable bonds is 1. The van der Waals surface area contributed by atoms with Crippen LogP contribution in [0.15, 0.2) is 12.2 Å². The van der Waals surface area contributed by atoms with Crippen molar-refractivity contribution in [3.05, 3.63) is 12.2 Å². The molecule has 2 saturated heterocycles. The Hall–Kier alpha value is -1.16. The van der Waals surface area contributed by atoms with E-state index in [0.717, 1.165) is 32.2 Å². The molecule has 4 atom stereocenters. The highest BCUT2D eigenvalue weighted by Crippen LogP contribution is 2.37. The van der Waals surface area contributed by atoms with Gasteiger partial charge in [0.05, 0.1) is 17.9 Å². The maximum Gasteiger partial charge on any atom is 0.233 e. The highest BCUT2D eigenvalue weighted by atomic mass is 16.2. The molecule has 0 aromatic heterocycles. The number of hydrogen-bond donors (Lipinski definition) is 1. The highest BCUT2D eigenvalue weighted by molar-refractivity contribution is 6.05. The van der Waals surface area contributed by atoms with E-state index in [9.17, 15) is 9.59 Å². The standard InChI is InChI=1S/C14H20N2O2/c1-9-12(7-4-8-15-9)16-13(17)10-5-2-3-6-11(10)14(16)18/h2-3,9-12,15H,4-8H2,1H3/t9?,10-,11+,12?. The number of imide groups is 1. The molecular weight excluding hydrogens is 228 g/mol. The minimum atomic E-state index is -0.0865. The lowest BCUT2D eigenvalue weighted by Gasteiger charge is -2.35. The van der Waals surface area contributed by atoms with Gasteiger partial charge in [0.2, 0.25) is 11.8 Å². The fourth-order valence-corrected chi connectivity index (χ4v) is 3.53. The van der Waals surface area contributed by atoms with Gasteiger partial charge in [-0.05, 0) is 39.2 Å². The number of allylic oxidation sites excluding steroid dienone is 2. The maximum absolute atomic E-state index is 12.4. The summed E-state index contributed by atoms with van der Waals surface area (Å²) in [6, 6.07) is 0.282. The number of carbonyl (C=O) groups excluding carboxylic acids is 2. The highest BCUT2D eigenvalue weighted by Gasteiger charge is 2.50. The molecule has 98 valence electrons. The predicted octanol–water partition coefficient (Wildman–Crippen LogP) is 1.08. The van der Waals surface area contributed by atoms with Crippen molar-refractivity contribution in [2.45, 2.75) is 44.7 Å². The summed E-state index contributed by atoms with van der Waals surface area (Å²) in [5.74, 6) is -0.0435. The molecule has 0 aromatic carbocycles. The topological polar surface area (TPSA) is 49.4 Å². The Kier molecular flexibility index (Phi) is 2.98. The van der Waals surface area contributed by atoms with Gasteiger partial charge in [-0.3, -0.25) is 14.5 Å². The summed E-state index contributed by atoms with van der Waals surface area (Å²) in [7, 11) is 0. The minimum absolute atomic E-state index is 0.0596. The molecule has 0 spiro atoms. The lowest BCUT2D eigenvalue weighted by Crippen LogP contribution is -2.54. The maximum atomic E-state index is 12.4. The smallest absolute Gasteiger partial charge is 0.233 e. The number of likely N-dealkylation sites (tertiary alicyclic amines) is 1. The fourth-order valence-electron chi connectivity index (χ4n) is 3.53. The van der Waals surface area contributed by atoms with E-state index in [-0.39, 0.29) is 35.7 Å². The number of carbonyl (C=O) groups is 2. The van der Waals surface area contributed by atoms with E-state index < -0.39 is 0 Å². The second kappa shape index (κ2) is 4.50. The van der Waals surface area contributed by atoms with Gasteiger partial charge in [-0.25, -0.2) is 0 Å². The van der Waals surface area contributed by atoms with Crippen molar-refractivity contribution in [1.82, 2.24) is 10.2 Å². The van der Waals surface area contributed by atoms with Gasteiger partial charge in [-0.1, -0.05) is 12.2 Å². The Morgan fingerprint density at radius 2 is 1.78 bits per heavy atom. The van der Waals surface area contributed by atoms with E-state index in [1.807, 2.05) is 12.2 Å². The Morgan fingerprint density at radius 1 is 1.17 bits per heavy atom. The van der Waals surface area contributed by atoms with Crippen LogP contribution in [0.2, 0.25) is 0 Å². The van der Waals surface area contributed by atoms with Gasteiger partial charge in [-0.2, -0.15) is 0 Å². The van der Waals surface area contributed by atoms with Crippen molar-refractivity contribution in [1.29, 1.82) is 0 Å². The second-order valence-electron chi connectivity index (χ2n) is 5.65. The first-order valence-corrected chi connectivity index (χ1v) is 6.95. The Balaban J connectivity index is 1.84. The van der Waals surface area contributed by atoms with Crippen LogP contribution >= 0.6 is 0 Å². The molecule has 18 heavy (non-hydrogen) atoms. The number of amides is 2. The lowest BCUT2D eigenvalue weighted by atomic mass is 9.85. The van der Waals surface area contributed by atoms with Crippen molar-refractivity contribution in [3.63, 3.8) is 0 Å². The van der Waals surface area contributed by atoms with E-state index in [2.05, 4.69) is 12.2 Å². The summed E-state index contributed by atoms with van der Waals surface area (Å²) in [4.78, 5) is 26.5. The van der Waals surface area contributed by atoms with Crippen LogP contribution < -0.4 is 5.32 Å². The minimum Gasteiger partial charge on any atom is -0.312 e. The van der Waals surface area contributed by atoms with Gasteiger partial charge >= 0.3 is 0 Å². The van der Waals surface area contributed by atoms with Crippen LogP contribution in [0.25, 0.3) is 0 Å². The molecule has 2 heterocycles. The number of piperidine rings is 1. The summed E-state index contributed by atoms with van der Waals surface area (Å²) in [5, 5.41) is 3.37. The zero-order valence-corrected chi connectivity index (χ0v) is 10.8. The van der Waals surface area contributed by atoms with Crippen molar-refractivity contribution in [2.24, 2.45) is 11.8 Å². The summed E-state index contributed by atoms with van der Waals surface area (Å²) < 4.78 is 0. The van der Waals surface area contributed by atoms with E-state index in [1.165, 1.54) is 0 Å². The normalized spacial score (nSPS) is 40.2. The van der Waals surface area contributed by atoms with Crippen molar-refractivity contribution in [2.75, 3.05) is 6.54 Å². The quantitative estimate of drug-likeness (QED) is 0.558. The Morgan fingerprint density at radius 3 is 2.33 bits per heavy atom.